The van der Waals surface area contributed by atoms with Gasteiger partial charge < -0.3 is 10.1 Å². The van der Waals surface area contributed by atoms with E-state index in [4.69, 9.17) is 16.3 Å². The Labute approximate surface area is 123 Å². The van der Waals surface area contributed by atoms with Crippen molar-refractivity contribution in [2.75, 3.05) is 13.7 Å². The van der Waals surface area contributed by atoms with E-state index in [9.17, 15) is 4.39 Å². The maximum absolute atomic E-state index is 13.7. The molecule has 0 saturated carbocycles. The van der Waals surface area contributed by atoms with Crippen LogP contribution in [-0.4, -0.2) is 13.7 Å². The van der Waals surface area contributed by atoms with Crippen LogP contribution in [0.3, 0.4) is 0 Å². The van der Waals surface area contributed by atoms with E-state index < -0.39 is 0 Å². The van der Waals surface area contributed by atoms with Crippen LogP contribution >= 0.6 is 11.6 Å². The molecule has 2 nitrogen and oxygen atoms in total. The first-order valence-electron chi connectivity index (χ1n) is 6.47. The lowest BCUT2D eigenvalue weighted by molar-refractivity contribution is 0.414. The summed E-state index contributed by atoms with van der Waals surface area (Å²) in [6.45, 7) is 1.23. The molecule has 0 fully saturated rings. The van der Waals surface area contributed by atoms with Crippen molar-refractivity contribution in [1.29, 1.82) is 0 Å². The summed E-state index contributed by atoms with van der Waals surface area (Å²) in [4.78, 5) is 0. The third-order valence-electron chi connectivity index (χ3n) is 3.07. The van der Waals surface area contributed by atoms with Gasteiger partial charge in [-0.2, -0.15) is 0 Å². The molecule has 106 valence electrons. The van der Waals surface area contributed by atoms with Crippen LogP contribution in [0.4, 0.5) is 4.39 Å². The third-order valence-corrected chi connectivity index (χ3v) is 3.36. The Morgan fingerprint density at radius 2 is 2.00 bits per heavy atom. The molecule has 20 heavy (non-hydrogen) atoms. The smallest absolute Gasteiger partial charge is 0.146 e. The highest BCUT2D eigenvalue weighted by Crippen LogP contribution is 2.17. The Bertz CT molecular complexity index is 574. The molecule has 0 spiro atoms. The number of hydrogen-bond acceptors (Lipinski definition) is 2. The van der Waals surface area contributed by atoms with Crippen LogP contribution in [-0.2, 0) is 13.0 Å². The van der Waals surface area contributed by atoms with Crippen LogP contribution in [0.25, 0.3) is 0 Å². The average molecular weight is 294 g/mol. The molecule has 4 heteroatoms. The van der Waals surface area contributed by atoms with Gasteiger partial charge in [0.05, 0.1) is 12.1 Å². The molecule has 1 N–H and O–H groups in total. The van der Waals surface area contributed by atoms with Crippen LogP contribution in [0.1, 0.15) is 11.1 Å². The van der Waals surface area contributed by atoms with E-state index in [-0.39, 0.29) is 10.8 Å². The van der Waals surface area contributed by atoms with Gasteiger partial charge in [0.2, 0.25) is 0 Å². The van der Waals surface area contributed by atoms with Gasteiger partial charge in [-0.05, 0) is 36.7 Å². The fraction of sp³-hybridized carbons (Fsp3) is 0.250. The summed E-state index contributed by atoms with van der Waals surface area (Å²) in [6, 6.07) is 13.0. The SMILES string of the molecule is COc1cccc(CCNCc2cccc(Cl)c2F)c1. The number of halogens is 2. The molecule has 2 aromatic rings. The molecule has 0 saturated heterocycles. The van der Waals surface area contributed by atoms with Gasteiger partial charge in [-0.1, -0.05) is 35.9 Å². The number of ether oxygens (including phenoxy) is 1. The van der Waals surface area contributed by atoms with Gasteiger partial charge in [0, 0.05) is 12.1 Å². The molecule has 0 radical (unpaired) electrons. The fourth-order valence-corrected chi connectivity index (χ4v) is 2.16. The highest BCUT2D eigenvalue weighted by atomic mass is 35.5. The largest absolute Gasteiger partial charge is 0.497 e. The first kappa shape index (κ1) is 14.8. The van der Waals surface area contributed by atoms with Crippen molar-refractivity contribution in [3.05, 3.63) is 64.4 Å². The Kier molecular flexibility index (Phi) is 5.39. The highest BCUT2D eigenvalue weighted by molar-refractivity contribution is 6.30. The Hall–Kier alpha value is -1.58. The van der Waals surface area contributed by atoms with Crippen molar-refractivity contribution in [2.24, 2.45) is 0 Å². The molecule has 0 aliphatic rings. The molecular formula is C16H17ClFNO. The lowest BCUT2D eigenvalue weighted by atomic mass is 10.1. The van der Waals surface area contributed by atoms with Gasteiger partial charge in [0.15, 0.2) is 0 Å². The minimum Gasteiger partial charge on any atom is -0.497 e. The highest BCUT2D eigenvalue weighted by Gasteiger charge is 2.05. The van der Waals surface area contributed by atoms with Gasteiger partial charge in [0.1, 0.15) is 11.6 Å². The number of benzene rings is 2. The summed E-state index contributed by atoms with van der Waals surface area (Å²) < 4.78 is 18.8. The Morgan fingerprint density at radius 1 is 1.20 bits per heavy atom. The quantitative estimate of drug-likeness (QED) is 0.818. The molecule has 0 aliphatic heterocycles. The van der Waals surface area contributed by atoms with Crippen molar-refractivity contribution < 1.29 is 9.13 Å². The van der Waals surface area contributed by atoms with Crippen LogP contribution < -0.4 is 10.1 Å². The van der Waals surface area contributed by atoms with E-state index in [1.165, 1.54) is 5.56 Å². The van der Waals surface area contributed by atoms with Crippen molar-refractivity contribution in [3.8, 4) is 5.75 Å². The second kappa shape index (κ2) is 7.27. The first-order valence-corrected chi connectivity index (χ1v) is 6.85. The fourth-order valence-electron chi connectivity index (χ4n) is 1.97. The predicted molar refractivity (Wildman–Crippen MR) is 79.8 cm³/mol. The van der Waals surface area contributed by atoms with Gasteiger partial charge in [0.25, 0.3) is 0 Å². The summed E-state index contributed by atoms with van der Waals surface area (Å²) >= 11 is 5.74. The monoisotopic (exact) mass is 293 g/mol. The van der Waals surface area contributed by atoms with Crippen molar-refractivity contribution in [3.63, 3.8) is 0 Å². The minimum absolute atomic E-state index is 0.164. The van der Waals surface area contributed by atoms with Gasteiger partial charge in [-0.3, -0.25) is 0 Å². The Morgan fingerprint density at radius 3 is 2.80 bits per heavy atom. The normalized spacial score (nSPS) is 10.6. The van der Waals surface area contributed by atoms with Crippen LogP contribution in [0.5, 0.6) is 5.75 Å². The molecule has 0 aliphatic carbocycles. The van der Waals surface area contributed by atoms with E-state index in [2.05, 4.69) is 5.32 Å². The van der Waals surface area contributed by atoms with Crippen molar-refractivity contribution >= 4 is 11.6 Å². The zero-order chi connectivity index (χ0) is 14.4. The molecule has 0 heterocycles. The van der Waals surface area contributed by atoms with Crippen molar-refractivity contribution in [2.45, 2.75) is 13.0 Å². The summed E-state index contributed by atoms with van der Waals surface area (Å²) in [5, 5.41) is 3.38. The lowest BCUT2D eigenvalue weighted by Gasteiger charge is -2.08. The maximum Gasteiger partial charge on any atom is 0.146 e. The second-order valence-corrected chi connectivity index (χ2v) is 4.90. The zero-order valence-corrected chi connectivity index (χ0v) is 12.1. The molecule has 2 aromatic carbocycles. The van der Waals surface area contributed by atoms with E-state index in [0.29, 0.717) is 12.1 Å². The number of rotatable bonds is 6. The molecule has 0 bridgehead atoms. The van der Waals surface area contributed by atoms with Gasteiger partial charge in [-0.25, -0.2) is 4.39 Å². The maximum atomic E-state index is 13.7. The van der Waals surface area contributed by atoms with Crippen LogP contribution in [0, 0.1) is 5.82 Å². The molecule has 0 unspecified atom stereocenters. The molecular weight excluding hydrogens is 277 g/mol. The topological polar surface area (TPSA) is 21.3 Å². The predicted octanol–water partition coefficient (Wildman–Crippen LogP) is 3.82. The standard InChI is InChI=1S/C16H17ClFNO/c1-20-14-6-2-4-12(10-14)8-9-19-11-13-5-3-7-15(17)16(13)18/h2-7,10,19H,8-9,11H2,1H3. The van der Waals surface area contributed by atoms with Crippen molar-refractivity contribution in [1.82, 2.24) is 5.32 Å². The number of methoxy groups -OCH3 is 1. The van der Waals surface area contributed by atoms with Crippen LogP contribution in [0.2, 0.25) is 5.02 Å². The summed E-state index contributed by atoms with van der Waals surface area (Å²) in [7, 11) is 1.65. The van der Waals surface area contributed by atoms with E-state index in [0.717, 1.165) is 18.7 Å². The molecule has 2 rings (SSSR count). The first-order chi connectivity index (χ1) is 9.70. The summed E-state index contributed by atoms with van der Waals surface area (Å²) in [6.07, 6.45) is 0.861. The average Bonchev–Trinajstić information content (AvgIpc) is 2.48. The Balaban J connectivity index is 1.83. The molecule has 0 atom stereocenters. The molecule has 0 aromatic heterocycles. The number of nitrogens with one attached hydrogen (secondary N) is 1. The van der Waals surface area contributed by atoms with Gasteiger partial charge in [-0.15, -0.1) is 0 Å². The van der Waals surface area contributed by atoms with E-state index in [1.54, 1.807) is 25.3 Å². The molecule has 0 amide bonds. The second-order valence-electron chi connectivity index (χ2n) is 4.49. The van der Waals surface area contributed by atoms with Gasteiger partial charge >= 0.3 is 0 Å². The minimum atomic E-state index is -0.344. The van der Waals surface area contributed by atoms with E-state index >= 15 is 0 Å². The third kappa shape index (κ3) is 3.95. The summed E-state index contributed by atoms with van der Waals surface area (Å²) in [5.74, 6) is 0.506. The number of hydrogen-bond donors (Lipinski definition) is 1. The zero-order valence-electron chi connectivity index (χ0n) is 11.3. The summed E-state index contributed by atoms with van der Waals surface area (Å²) in [5.41, 5.74) is 1.77. The lowest BCUT2D eigenvalue weighted by Crippen LogP contribution is -2.17. The van der Waals surface area contributed by atoms with E-state index in [1.807, 2.05) is 24.3 Å². The van der Waals surface area contributed by atoms with Crippen LogP contribution in [0.15, 0.2) is 42.5 Å².